The van der Waals surface area contributed by atoms with Gasteiger partial charge in [-0.15, -0.1) is 0 Å². The normalized spacial score (nSPS) is 26.3. The molecule has 1 unspecified atom stereocenters. The highest BCUT2D eigenvalue weighted by molar-refractivity contribution is 5.76. The summed E-state index contributed by atoms with van der Waals surface area (Å²) < 4.78 is 0. The number of imidazole rings is 2. The minimum Gasteiger partial charge on any atom is -0.465 e. The van der Waals surface area contributed by atoms with E-state index in [9.17, 15) is 9.90 Å². The van der Waals surface area contributed by atoms with Gasteiger partial charge in [-0.25, -0.2) is 14.8 Å². The molecule has 0 radical (unpaired) electrons. The number of benzene rings is 1. The first kappa shape index (κ1) is 21.9. The number of nitrogens with one attached hydrogen (secondary N) is 3. The molecule has 4 heterocycles. The number of aromatic nitrogens is 4. The van der Waals surface area contributed by atoms with E-state index in [4.69, 9.17) is 4.98 Å². The van der Waals surface area contributed by atoms with E-state index in [2.05, 4.69) is 62.8 Å². The molecule has 2 saturated heterocycles. The molecule has 8 nitrogen and oxygen atoms in total. The van der Waals surface area contributed by atoms with Crippen molar-refractivity contribution >= 4 is 11.7 Å². The quantitative estimate of drug-likeness (QED) is 0.432. The number of allylic oxidation sites excluding steroid dienone is 4. The second-order valence-corrected chi connectivity index (χ2v) is 9.68. The predicted molar refractivity (Wildman–Crippen MR) is 133 cm³/mol. The monoisotopic (exact) mass is 470 g/mol. The molecule has 2 aliphatic heterocycles. The summed E-state index contributed by atoms with van der Waals surface area (Å²) in [5.74, 6) is 1.68. The van der Waals surface area contributed by atoms with Crippen molar-refractivity contribution in [3.05, 3.63) is 89.6 Å². The van der Waals surface area contributed by atoms with Crippen LogP contribution in [0.3, 0.4) is 0 Å². The number of carbonyl (C=O) groups is 1. The zero-order valence-electron chi connectivity index (χ0n) is 19.6. The Morgan fingerprint density at radius 2 is 1.80 bits per heavy atom. The van der Waals surface area contributed by atoms with Crippen molar-refractivity contribution in [2.45, 2.75) is 49.6 Å². The van der Waals surface area contributed by atoms with Gasteiger partial charge in [0.25, 0.3) is 0 Å². The first-order chi connectivity index (χ1) is 17.1. The van der Waals surface area contributed by atoms with Crippen LogP contribution in [0.25, 0.3) is 5.57 Å². The molecule has 1 amide bonds. The zero-order valence-corrected chi connectivity index (χ0v) is 19.6. The van der Waals surface area contributed by atoms with Gasteiger partial charge in [0.2, 0.25) is 0 Å². The lowest BCUT2D eigenvalue weighted by Gasteiger charge is -2.31. The fourth-order valence-corrected chi connectivity index (χ4v) is 5.70. The first-order valence-electron chi connectivity index (χ1n) is 12.4. The van der Waals surface area contributed by atoms with Gasteiger partial charge in [-0.2, -0.15) is 0 Å². The first-order valence-corrected chi connectivity index (χ1v) is 12.4. The average Bonchev–Trinajstić information content (AvgIpc) is 3.71. The Morgan fingerprint density at radius 3 is 2.49 bits per heavy atom. The molecule has 0 spiro atoms. The molecule has 4 N–H and O–H groups in total. The van der Waals surface area contributed by atoms with E-state index < -0.39 is 11.5 Å². The molecule has 2 fully saturated rings. The minimum absolute atomic E-state index is 0.235. The van der Waals surface area contributed by atoms with Gasteiger partial charge in [-0.1, -0.05) is 48.6 Å². The van der Waals surface area contributed by atoms with Gasteiger partial charge in [0, 0.05) is 18.9 Å². The van der Waals surface area contributed by atoms with E-state index >= 15 is 0 Å². The summed E-state index contributed by atoms with van der Waals surface area (Å²) in [5.41, 5.74) is 3.84. The van der Waals surface area contributed by atoms with Crippen LogP contribution in [0.2, 0.25) is 0 Å². The Labute approximate surface area is 204 Å². The predicted octanol–water partition coefficient (Wildman–Crippen LogP) is 4.70. The molecule has 1 aliphatic carbocycles. The SMILES string of the molecule is O=C(O)N1CCC[C@H]1c1ncc(C2(c3cnc([C@@H]4CCCN4)[nH]3)C=CC(c3ccccc3)=CC2)[nH]1. The highest BCUT2D eigenvalue weighted by Crippen LogP contribution is 2.42. The number of H-pyrrole nitrogens is 2. The lowest BCUT2D eigenvalue weighted by molar-refractivity contribution is 0.138. The van der Waals surface area contributed by atoms with Crippen LogP contribution in [0.1, 0.15) is 72.8 Å². The Hall–Kier alpha value is -3.65. The van der Waals surface area contributed by atoms with Gasteiger partial charge in [-0.3, -0.25) is 4.90 Å². The van der Waals surface area contributed by atoms with Crippen LogP contribution in [0.4, 0.5) is 4.79 Å². The van der Waals surface area contributed by atoms with Crippen molar-refractivity contribution in [3.8, 4) is 0 Å². The fourth-order valence-electron chi connectivity index (χ4n) is 5.70. The summed E-state index contributed by atoms with van der Waals surface area (Å²) in [6, 6.07) is 10.4. The van der Waals surface area contributed by atoms with Crippen molar-refractivity contribution in [1.82, 2.24) is 30.2 Å². The van der Waals surface area contributed by atoms with Crippen molar-refractivity contribution in [3.63, 3.8) is 0 Å². The number of likely N-dealkylation sites (tertiary alicyclic amines) is 1. The van der Waals surface area contributed by atoms with Crippen LogP contribution in [-0.4, -0.2) is 49.1 Å². The number of rotatable bonds is 5. The lowest BCUT2D eigenvalue weighted by Crippen LogP contribution is -2.30. The van der Waals surface area contributed by atoms with Crippen molar-refractivity contribution < 1.29 is 9.90 Å². The van der Waals surface area contributed by atoms with Crippen LogP contribution in [0, 0.1) is 0 Å². The Kier molecular flexibility index (Phi) is 5.53. The largest absolute Gasteiger partial charge is 0.465 e. The smallest absolute Gasteiger partial charge is 0.407 e. The van der Waals surface area contributed by atoms with Gasteiger partial charge in [0.1, 0.15) is 11.6 Å². The van der Waals surface area contributed by atoms with Crippen LogP contribution < -0.4 is 5.32 Å². The van der Waals surface area contributed by atoms with Crippen molar-refractivity contribution in [1.29, 1.82) is 0 Å². The topological polar surface area (TPSA) is 110 Å². The molecule has 1 aromatic carbocycles. The highest BCUT2D eigenvalue weighted by Gasteiger charge is 2.39. The summed E-state index contributed by atoms with van der Waals surface area (Å²) in [4.78, 5) is 29.8. The number of aromatic amines is 2. The number of nitrogens with zero attached hydrogens (tertiary/aromatic N) is 3. The molecule has 180 valence electrons. The van der Waals surface area contributed by atoms with Gasteiger partial charge in [-0.05, 0) is 49.8 Å². The van der Waals surface area contributed by atoms with Crippen molar-refractivity contribution in [2.75, 3.05) is 13.1 Å². The Bertz CT molecular complexity index is 1270. The van der Waals surface area contributed by atoms with Crippen LogP contribution >= 0.6 is 0 Å². The summed E-state index contributed by atoms with van der Waals surface area (Å²) in [6.45, 7) is 1.56. The van der Waals surface area contributed by atoms with Crippen LogP contribution in [0.5, 0.6) is 0 Å². The molecular formula is C27H30N6O2. The molecule has 3 atom stereocenters. The van der Waals surface area contributed by atoms with Gasteiger partial charge < -0.3 is 20.4 Å². The molecular weight excluding hydrogens is 440 g/mol. The maximum Gasteiger partial charge on any atom is 0.407 e. The molecule has 0 saturated carbocycles. The third-order valence-corrected chi connectivity index (χ3v) is 7.66. The van der Waals surface area contributed by atoms with E-state index in [1.165, 1.54) is 16.0 Å². The van der Waals surface area contributed by atoms with E-state index in [-0.39, 0.29) is 12.1 Å². The maximum absolute atomic E-state index is 11.7. The van der Waals surface area contributed by atoms with Gasteiger partial charge >= 0.3 is 6.09 Å². The molecule has 8 heteroatoms. The third-order valence-electron chi connectivity index (χ3n) is 7.66. The molecule has 0 bridgehead atoms. The van der Waals surface area contributed by atoms with Gasteiger partial charge in [0.15, 0.2) is 0 Å². The number of amides is 1. The average molecular weight is 471 g/mol. The van der Waals surface area contributed by atoms with Crippen LogP contribution in [-0.2, 0) is 5.41 Å². The molecule has 2 aromatic heterocycles. The highest BCUT2D eigenvalue weighted by atomic mass is 16.4. The van der Waals surface area contributed by atoms with Crippen molar-refractivity contribution in [2.24, 2.45) is 0 Å². The van der Waals surface area contributed by atoms with Crippen LogP contribution in [0.15, 0.2) is 61.0 Å². The Morgan fingerprint density at radius 1 is 1.03 bits per heavy atom. The second kappa shape index (κ2) is 8.85. The molecule has 6 rings (SSSR count). The Balaban J connectivity index is 1.37. The summed E-state index contributed by atoms with van der Waals surface area (Å²) in [6.07, 6.45) is 14.2. The molecule has 3 aliphatic rings. The fraction of sp³-hybridized carbons (Fsp3) is 0.370. The van der Waals surface area contributed by atoms with Gasteiger partial charge in [0.05, 0.1) is 28.9 Å². The van der Waals surface area contributed by atoms with E-state index in [1.54, 1.807) is 0 Å². The van der Waals surface area contributed by atoms with E-state index in [0.29, 0.717) is 12.4 Å². The second-order valence-electron chi connectivity index (χ2n) is 9.68. The standard InChI is InChI=1S/C27H30N6O2/c34-26(35)33-15-5-9-21(33)25-30-17-23(32-25)27(22-16-29-24(31-22)20-8-4-14-28-20)12-10-19(11-13-27)18-6-2-1-3-7-18/h1-3,6-7,10-12,16-17,20-21,28H,4-5,8-9,13-15H2,(H,29,31)(H,30,32)(H,34,35)/t20-,21-,27?/m0/s1. The van der Waals surface area contributed by atoms with E-state index in [0.717, 1.165) is 55.9 Å². The summed E-state index contributed by atoms with van der Waals surface area (Å²) in [7, 11) is 0. The summed E-state index contributed by atoms with van der Waals surface area (Å²) >= 11 is 0. The molecule has 35 heavy (non-hydrogen) atoms. The summed E-state index contributed by atoms with van der Waals surface area (Å²) in [5, 5.41) is 13.1. The number of carboxylic acid groups (broad SMARTS) is 1. The zero-order chi connectivity index (χ0) is 23.8. The lowest BCUT2D eigenvalue weighted by atomic mass is 9.74. The number of hydrogen-bond acceptors (Lipinski definition) is 4. The maximum atomic E-state index is 11.7. The third kappa shape index (κ3) is 3.87. The minimum atomic E-state index is -0.893. The number of hydrogen-bond donors (Lipinski definition) is 4. The molecule has 3 aromatic rings. The van der Waals surface area contributed by atoms with E-state index in [1.807, 2.05) is 18.5 Å².